The summed E-state index contributed by atoms with van der Waals surface area (Å²) in [5, 5.41) is 14.2. The van der Waals surface area contributed by atoms with Crippen molar-refractivity contribution in [3.63, 3.8) is 0 Å². The average Bonchev–Trinajstić information content (AvgIpc) is 3.19. The Morgan fingerprint density at radius 1 is 1.36 bits per heavy atom. The molecule has 1 aromatic heterocycles. The molecule has 0 bridgehead atoms. The van der Waals surface area contributed by atoms with Crippen molar-refractivity contribution in [1.82, 2.24) is 20.1 Å². The van der Waals surface area contributed by atoms with Gasteiger partial charge in [-0.15, -0.1) is 10.2 Å². The van der Waals surface area contributed by atoms with Crippen LogP contribution in [-0.2, 0) is 19.4 Å². The highest BCUT2D eigenvalue weighted by molar-refractivity contribution is 5.89. The minimum Gasteiger partial charge on any atom is -0.372 e. The molecule has 2 aromatic rings. The number of aromatic nitrogens is 3. The molecule has 7 heteroatoms. The maximum atomic E-state index is 12.1. The lowest BCUT2D eigenvalue weighted by Crippen LogP contribution is -2.31. The number of carbonyl (C=O) groups excluding carboxylic acids is 1. The SMILES string of the molecule is CC(C)N(C)c1cccc(NC(=O)NCCc2nnc3n2CCC3)c1. The van der Waals surface area contributed by atoms with Crippen molar-refractivity contribution in [3.8, 4) is 0 Å². The van der Waals surface area contributed by atoms with Crippen LogP contribution in [-0.4, -0.2) is 40.4 Å². The van der Waals surface area contributed by atoms with Gasteiger partial charge in [-0.05, 0) is 38.5 Å². The van der Waals surface area contributed by atoms with Crippen LogP contribution >= 0.6 is 0 Å². The Balaban J connectivity index is 1.50. The van der Waals surface area contributed by atoms with Crippen LogP contribution in [0.3, 0.4) is 0 Å². The van der Waals surface area contributed by atoms with Crippen LogP contribution in [0, 0.1) is 0 Å². The highest BCUT2D eigenvalue weighted by atomic mass is 16.2. The molecule has 0 fully saturated rings. The number of nitrogens with one attached hydrogen (secondary N) is 2. The normalized spacial score (nSPS) is 13.0. The third-order valence-corrected chi connectivity index (χ3v) is 4.61. The number of nitrogens with zero attached hydrogens (tertiary/aromatic N) is 4. The van der Waals surface area contributed by atoms with Gasteiger partial charge in [0.25, 0.3) is 0 Å². The minimum absolute atomic E-state index is 0.203. The first-order valence-electron chi connectivity index (χ1n) is 8.83. The van der Waals surface area contributed by atoms with Gasteiger partial charge >= 0.3 is 6.03 Å². The van der Waals surface area contributed by atoms with Crippen molar-refractivity contribution < 1.29 is 4.79 Å². The maximum absolute atomic E-state index is 12.1. The number of benzene rings is 1. The molecule has 1 aromatic carbocycles. The van der Waals surface area contributed by atoms with Gasteiger partial charge in [0.05, 0.1) is 0 Å². The Kier molecular flexibility index (Phi) is 5.21. The number of fused-ring (bicyclic) bond motifs is 1. The summed E-state index contributed by atoms with van der Waals surface area (Å²) in [6.45, 7) is 5.79. The molecule has 2 N–H and O–H groups in total. The quantitative estimate of drug-likeness (QED) is 0.845. The van der Waals surface area contributed by atoms with Crippen LogP contribution in [0.2, 0.25) is 0 Å². The molecule has 2 heterocycles. The second kappa shape index (κ2) is 7.55. The summed E-state index contributed by atoms with van der Waals surface area (Å²) >= 11 is 0. The second-order valence-electron chi connectivity index (χ2n) is 6.67. The highest BCUT2D eigenvalue weighted by Crippen LogP contribution is 2.20. The summed E-state index contributed by atoms with van der Waals surface area (Å²) in [5.41, 5.74) is 1.86. The lowest BCUT2D eigenvalue weighted by molar-refractivity contribution is 0.252. The number of urea groups is 1. The number of rotatable bonds is 6. The van der Waals surface area contributed by atoms with Crippen LogP contribution in [0.15, 0.2) is 24.3 Å². The summed E-state index contributed by atoms with van der Waals surface area (Å²) in [6.07, 6.45) is 2.82. The number of carbonyl (C=O) groups is 1. The van der Waals surface area contributed by atoms with Crippen molar-refractivity contribution in [1.29, 1.82) is 0 Å². The van der Waals surface area contributed by atoms with Crippen LogP contribution in [0.1, 0.15) is 31.9 Å². The molecule has 0 unspecified atom stereocenters. The monoisotopic (exact) mass is 342 g/mol. The van der Waals surface area contributed by atoms with Crippen LogP contribution < -0.4 is 15.5 Å². The van der Waals surface area contributed by atoms with Crippen LogP contribution in [0.5, 0.6) is 0 Å². The summed E-state index contributed by atoms with van der Waals surface area (Å²) in [6, 6.07) is 8.05. The molecule has 0 saturated heterocycles. The molecule has 3 rings (SSSR count). The molecule has 134 valence electrons. The van der Waals surface area contributed by atoms with E-state index in [1.807, 2.05) is 31.3 Å². The Hall–Kier alpha value is -2.57. The molecule has 1 aliphatic heterocycles. The predicted octanol–water partition coefficient (Wildman–Crippen LogP) is 2.43. The number of hydrogen-bond donors (Lipinski definition) is 2. The standard InChI is InChI=1S/C18H26N6O/c1-13(2)23(3)15-7-4-6-14(12-15)20-18(25)19-10-9-17-22-21-16-8-5-11-24(16)17/h4,6-7,12-13H,5,8-11H2,1-3H3,(H2,19,20,25). The van der Waals surface area contributed by atoms with E-state index >= 15 is 0 Å². The Labute approximate surface area is 148 Å². The van der Waals surface area contributed by atoms with Crippen molar-refractivity contribution in [2.24, 2.45) is 0 Å². The van der Waals surface area contributed by atoms with E-state index in [0.29, 0.717) is 19.0 Å². The second-order valence-corrected chi connectivity index (χ2v) is 6.67. The number of anilines is 2. The van der Waals surface area contributed by atoms with Crippen molar-refractivity contribution in [3.05, 3.63) is 35.9 Å². The van der Waals surface area contributed by atoms with Gasteiger partial charge in [-0.25, -0.2) is 4.79 Å². The highest BCUT2D eigenvalue weighted by Gasteiger charge is 2.16. The van der Waals surface area contributed by atoms with E-state index in [2.05, 4.69) is 44.1 Å². The summed E-state index contributed by atoms with van der Waals surface area (Å²) in [7, 11) is 2.04. The van der Waals surface area contributed by atoms with Crippen LogP contribution in [0.4, 0.5) is 16.2 Å². The molecular weight excluding hydrogens is 316 g/mol. The van der Waals surface area contributed by atoms with Crippen molar-refractivity contribution in [2.45, 2.75) is 45.7 Å². The molecule has 0 aliphatic carbocycles. The Morgan fingerprint density at radius 2 is 2.20 bits per heavy atom. The molecule has 0 atom stereocenters. The zero-order valence-electron chi connectivity index (χ0n) is 15.1. The molecule has 2 amide bonds. The van der Waals surface area contributed by atoms with E-state index in [9.17, 15) is 4.79 Å². The Morgan fingerprint density at radius 3 is 3.00 bits per heavy atom. The molecule has 0 radical (unpaired) electrons. The molecule has 7 nitrogen and oxygen atoms in total. The zero-order valence-corrected chi connectivity index (χ0v) is 15.1. The smallest absolute Gasteiger partial charge is 0.319 e. The number of amides is 2. The van der Waals surface area contributed by atoms with Gasteiger partial charge in [-0.3, -0.25) is 0 Å². The third kappa shape index (κ3) is 4.10. The van der Waals surface area contributed by atoms with E-state index in [1.165, 1.54) is 0 Å². The molecule has 25 heavy (non-hydrogen) atoms. The largest absolute Gasteiger partial charge is 0.372 e. The first-order chi connectivity index (χ1) is 12.0. The van der Waals surface area contributed by atoms with Crippen molar-refractivity contribution in [2.75, 3.05) is 23.8 Å². The first-order valence-corrected chi connectivity index (χ1v) is 8.83. The fourth-order valence-electron chi connectivity index (χ4n) is 2.96. The van der Waals surface area contributed by atoms with Gasteiger partial charge in [0.15, 0.2) is 0 Å². The lowest BCUT2D eigenvalue weighted by atomic mass is 10.2. The Bertz CT molecular complexity index is 739. The molecule has 1 aliphatic rings. The molecular formula is C18H26N6O. The lowest BCUT2D eigenvalue weighted by Gasteiger charge is -2.24. The topological polar surface area (TPSA) is 75.1 Å². The predicted molar refractivity (Wildman–Crippen MR) is 99.0 cm³/mol. The van der Waals surface area contributed by atoms with E-state index in [1.54, 1.807) is 0 Å². The zero-order chi connectivity index (χ0) is 17.8. The van der Waals surface area contributed by atoms with Gasteiger partial charge in [0, 0.05) is 50.4 Å². The fourth-order valence-corrected chi connectivity index (χ4v) is 2.96. The average molecular weight is 342 g/mol. The van der Waals surface area contributed by atoms with E-state index in [4.69, 9.17) is 0 Å². The molecule has 0 saturated carbocycles. The molecule has 0 spiro atoms. The van der Waals surface area contributed by atoms with Gasteiger partial charge in [0.2, 0.25) is 0 Å². The van der Waals surface area contributed by atoms with Crippen LogP contribution in [0.25, 0.3) is 0 Å². The maximum Gasteiger partial charge on any atom is 0.319 e. The van der Waals surface area contributed by atoms with Gasteiger partial charge < -0.3 is 20.1 Å². The fraction of sp³-hybridized carbons (Fsp3) is 0.500. The third-order valence-electron chi connectivity index (χ3n) is 4.61. The van der Waals surface area contributed by atoms with E-state index in [0.717, 1.165) is 42.4 Å². The van der Waals surface area contributed by atoms with E-state index in [-0.39, 0.29) is 6.03 Å². The van der Waals surface area contributed by atoms with Gasteiger partial charge in [-0.1, -0.05) is 6.07 Å². The van der Waals surface area contributed by atoms with Crippen molar-refractivity contribution >= 4 is 17.4 Å². The van der Waals surface area contributed by atoms with Gasteiger partial charge in [-0.2, -0.15) is 0 Å². The number of aryl methyl sites for hydroxylation is 1. The van der Waals surface area contributed by atoms with Gasteiger partial charge in [0.1, 0.15) is 11.6 Å². The first kappa shape index (κ1) is 17.3. The summed E-state index contributed by atoms with van der Waals surface area (Å²) in [4.78, 5) is 14.3. The summed E-state index contributed by atoms with van der Waals surface area (Å²) in [5.74, 6) is 2.01. The summed E-state index contributed by atoms with van der Waals surface area (Å²) < 4.78 is 2.16. The number of hydrogen-bond acceptors (Lipinski definition) is 4. The minimum atomic E-state index is -0.203. The van der Waals surface area contributed by atoms with E-state index < -0.39 is 0 Å².